The van der Waals surface area contributed by atoms with E-state index in [0.717, 1.165) is 12.1 Å². The van der Waals surface area contributed by atoms with Crippen LogP contribution in [0.1, 0.15) is 10.5 Å². The van der Waals surface area contributed by atoms with E-state index in [1.54, 1.807) is 0 Å². The summed E-state index contributed by atoms with van der Waals surface area (Å²) in [6, 6.07) is 6.35. The minimum atomic E-state index is -0.966. The van der Waals surface area contributed by atoms with Crippen molar-refractivity contribution in [1.29, 1.82) is 0 Å². The zero-order valence-corrected chi connectivity index (χ0v) is 11.8. The minimum absolute atomic E-state index is 0.145. The summed E-state index contributed by atoms with van der Waals surface area (Å²) in [5.41, 5.74) is 0.470. The first-order valence-corrected chi connectivity index (χ1v) is 6.43. The molecule has 0 aliphatic carbocycles. The number of carbonyl (C=O) groups excluding carboxylic acids is 1. The highest BCUT2D eigenvalue weighted by Crippen LogP contribution is 2.17. The van der Waals surface area contributed by atoms with E-state index in [4.69, 9.17) is 4.74 Å². The Morgan fingerprint density at radius 3 is 2.64 bits per heavy atom. The standard InChI is InChI=1S/C14H14F2N4O2/c1-22-7-6-17-14(21)12-4-5-13(20-19-12)18-9-2-3-10(15)11(16)8-9/h2-5,8H,6-7H2,1H3,(H,17,21)(H,18,20). The van der Waals surface area contributed by atoms with Crippen molar-refractivity contribution in [3.8, 4) is 0 Å². The lowest BCUT2D eigenvalue weighted by Gasteiger charge is -2.06. The number of hydrogen-bond donors (Lipinski definition) is 2. The van der Waals surface area contributed by atoms with Crippen LogP contribution in [-0.2, 0) is 4.74 Å². The fourth-order valence-electron chi connectivity index (χ4n) is 1.60. The van der Waals surface area contributed by atoms with E-state index in [1.807, 2.05) is 0 Å². The number of nitrogens with zero attached hydrogens (tertiary/aromatic N) is 2. The first kappa shape index (κ1) is 15.8. The molecule has 0 saturated heterocycles. The molecule has 0 saturated carbocycles. The van der Waals surface area contributed by atoms with Gasteiger partial charge in [-0.05, 0) is 24.3 Å². The molecule has 0 aliphatic rings. The van der Waals surface area contributed by atoms with Gasteiger partial charge < -0.3 is 15.4 Å². The van der Waals surface area contributed by atoms with Crippen LogP contribution in [0.15, 0.2) is 30.3 Å². The number of hydrogen-bond acceptors (Lipinski definition) is 5. The van der Waals surface area contributed by atoms with Gasteiger partial charge in [0.1, 0.15) is 0 Å². The first-order valence-electron chi connectivity index (χ1n) is 6.43. The van der Waals surface area contributed by atoms with Gasteiger partial charge in [-0.1, -0.05) is 0 Å². The third-order valence-corrected chi connectivity index (χ3v) is 2.68. The average molecular weight is 308 g/mol. The van der Waals surface area contributed by atoms with Crippen molar-refractivity contribution < 1.29 is 18.3 Å². The first-order chi connectivity index (χ1) is 10.6. The molecule has 1 heterocycles. The van der Waals surface area contributed by atoms with E-state index in [2.05, 4.69) is 20.8 Å². The van der Waals surface area contributed by atoms with Crippen molar-refractivity contribution in [2.45, 2.75) is 0 Å². The van der Waals surface area contributed by atoms with Gasteiger partial charge in [0.25, 0.3) is 5.91 Å². The Morgan fingerprint density at radius 1 is 1.18 bits per heavy atom. The van der Waals surface area contributed by atoms with Crippen LogP contribution in [0, 0.1) is 11.6 Å². The molecule has 8 heteroatoms. The van der Waals surface area contributed by atoms with E-state index in [1.165, 1.54) is 25.3 Å². The molecule has 0 spiro atoms. The average Bonchev–Trinajstić information content (AvgIpc) is 2.52. The summed E-state index contributed by atoms with van der Waals surface area (Å²) < 4.78 is 30.7. The monoisotopic (exact) mass is 308 g/mol. The van der Waals surface area contributed by atoms with Crippen LogP contribution in [0.4, 0.5) is 20.3 Å². The maximum absolute atomic E-state index is 13.1. The van der Waals surface area contributed by atoms with Crippen LogP contribution in [0.2, 0.25) is 0 Å². The van der Waals surface area contributed by atoms with Gasteiger partial charge in [0.05, 0.1) is 6.61 Å². The fraction of sp³-hybridized carbons (Fsp3) is 0.214. The Kier molecular flexibility index (Phi) is 5.31. The molecule has 22 heavy (non-hydrogen) atoms. The van der Waals surface area contributed by atoms with Crippen LogP contribution in [-0.4, -0.2) is 36.4 Å². The summed E-state index contributed by atoms with van der Waals surface area (Å²) in [4.78, 5) is 11.7. The van der Waals surface area contributed by atoms with Gasteiger partial charge in [-0.15, -0.1) is 10.2 Å². The molecule has 0 radical (unpaired) electrons. The fourth-order valence-corrected chi connectivity index (χ4v) is 1.60. The minimum Gasteiger partial charge on any atom is -0.383 e. The Labute approximate surface area is 125 Å². The van der Waals surface area contributed by atoms with Crippen LogP contribution in [0.25, 0.3) is 0 Å². The van der Waals surface area contributed by atoms with Crippen molar-refractivity contribution >= 4 is 17.4 Å². The summed E-state index contributed by atoms with van der Waals surface area (Å²) in [7, 11) is 1.53. The van der Waals surface area contributed by atoms with Gasteiger partial charge in [0.15, 0.2) is 23.1 Å². The van der Waals surface area contributed by atoms with E-state index in [9.17, 15) is 13.6 Å². The zero-order valence-electron chi connectivity index (χ0n) is 11.8. The van der Waals surface area contributed by atoms with Crippen molar-refractivity contribution in [3.05, 3.63) is 47.7 Å². The number of rotatable bonds is 6. The molecule has 2 aromatic rings. The summed E-state index contributed by atoms with van der Waals surface area (Å²) in [6.07, 6.45) is 0. The Hall–Kier alpha value is -2.61. The number of anilines is 2. The molecule has 0 fully saturated rings. The number of ether oxygens (including phenoxy) is 1. The number of halogens is 2. The SMILES string of the molecule is COCCNC(=O)c1ccc(Nc2ccc(F)c(F)c2)nn1. The van der Waals surface area contributed by atoms with E-state index in [0.29, 0.717) is 24.7 Å². The third-order valence-electron chi connectivity index (χ3n) is 2.68. The second-order valence-corrected chi connectivity index (χ2v) is 4.31. The second-order valence-electron chi connectivity index (χ2n) is 4.31. The van der Waals surface area contributed by atoms with Gasteiger partial charge in [0, 0.05) is 25.4 Å². The van der Waals surface area contributed by atoms with E-state index < -0.39 is 11.6 Å². The number of aromatic nitrogens is 2. The summed E-state index contributed by atoms with van der Waals surface area (Å²) in [5, 5.41) is 12.9. The third kappa shape index (κ3) is 4.19. The van der Waals surface area contributed by atoms with Crippen molar-refractivity contribution in [2.75, 3.05) is 25.6 Å². The van der Waals surface area contributed by atoms with Gasteiger partial charge in [-0.2, -0.15) is 0 Å². The molecule has 1 amide bonds. The predicted octanol–water partition coefficient (Wildman–Crippen LogP) is 1.87. The highest BCUT2D eigenvalue weighted by atomic mass is 19.2. The highest BCUT2D eigenvalue weighted by molar-refractivity contribution is 5.92. The van der Waals surface area contributed by atoms with Crippen LogP contribution in [0.3, 0.4) is 0 Å². The summed E-state index contributed by atoms with van der Waals surface area (Å²) >= 11 is 0. The van der Waals surface area contributed by atoms with Crippen LogP contribution in [0.5, 0.6) is 0 Å². The molecule has 0 bridgehead atoms. The normalized spacial score (nSPS) is 10.3. The quantitative estimate of drug-likeness (QED) is 0.797. The highest BCUT2D eigenvalue weighted by Gasteiger charge is 2.08. The maximum Gasteiger partial charge on any atom is 0.271 e. The molecule has 0 unspecified atom stereocenters. The largest absolute Gasteiger partial charge is 0.383 e. The molecular weight excluding hydrogens is 294 g/mol. The van der Waals surface area contributed by atoms with Gasteiger partial charge in [-0.25, -0.2) is 8.78 Å². The van der Waals surface area contributed by atoms with Crippen molar-refractivity contribution in [3.63, 3.8) is 0 Å². The number of methoxy groups -OCH3 is 1. The molecular formula is C14H14F2N4O2. The maximum atomic E-state index is 13.1. The lowest BCUT2D eigenvalue weighted by molar-refractivity contribution is 0.0931. The molecule has 0 atom stereocenters. The Bertz CT molecular complexity index is 650. The smallest absolute Gasteiger partial charge is 0.271 e. The summed E-state index contributed by atoms with van der Waals surface area (Å²) in [5.74, 6) is -1.96. The predicted molar refractivity (Wildman–Crippen MR) is 75.9 cm³/mol. The number of nitrogens with one attached hydrogen (secondary N) is 2. The number of amides is 1. The molecule has 2 N–H and O–H groups in total. The molecule has 6 nitrogen and oxygen atoms in total. The van der Waals surface area contributed by atoms with Gasteiger partial charge >= 0.3 is 0 Å². The van der Waals surface area contributed by atoms with Crippen molar-refractivity contribution in [1.82, 2.24) is 15.5 Å². The van der Waals surface area contributed by atoms with E-state index >= 15 is 0 Å². The lowest BCUT2D eigenvalue weighted by atomic mass is 10.3. The molecule has 1 aromatic carbocycles. The molecule has 2 rings (SSSR count). The van der Waals surface area contributed by atoms with E-state index in [-0.39, 0.29) is 11.6 Å². The van der Waals surface area contributed by atoms with Crippen LogP contribution < -0.4 is 10.6 Å². The molecule has 0 aliphatic heterocycles. The second kappa shape index (κ2) is 7.41. The molecule has 1 aromatic heterocycles. The summed E-state index contributed by atoms with van der Waals surface area (Å²) in [6.45, 7) is 0.765. The Morgan fingerprint density at radius 2 is 2.00 bits per heavy atom. The van der Waals surface area contributed by atoms with Gasteiger partial charge in [0.2, 0.25) is 0 Å². The van der Waals surface area contributed by atoms with Crippen LogP contribution >= 0.6 is 0 Å². The molecule has 116 valence electrons. The van der Waals surface area contributed by atoms with Crippen molar-refractivity contribution in [2.24, 2.45) is 0 Å². The van der Waals surface area contributed by atoms with Gasteiger partial charge in [-0.3, -0.25) is 4.79 Å². The zero-order chi connectivity index (χ0) is 15.9. The number of benzene rings is 1. The number of carbonyl (C=O) groups is 1. The lowest BCUT2D eigenvalue weighted by Crippen LogP contribution is -2.27. The topological polar surface area (TPSA) is 76.1 Å². The Balaban J connectivity index is 1.99.